The average Bonchev–Trinajstić information content (AvgIpc) is 2.55. The first kappa shape index (κ1) is 17.2. The van der Waals surface area contributed by atoms with Crippen LogP contribution in [-0.4, -0.2) is 9.97 Å². The van der Waals surface area contributed by atoms with Gasteiger partial charge in [-0.1, -0.05) is 37.6 Å². The molecule has 3 nitrogen and oxygen atoms in total. The van der Waals surface area contributed by atoms with Crippen LogP contribution < -0.4 is 5.56 Å². The van der Waals surface area contributed by atoms with Crippen molar-refractivity contribution in [1.82, 2.24) is 9.97 Å². The Balaban J connectivity index is 1.99. The van der Waals surface area contributed by atoms with E-state index >= 15 is 0 Å². The number of hydrogen-bond acceptors (Lipinski definition) is 2. The number of aromatic nitrogens is 2. The Morgan fingerprint density at radius 2 is 1.75 bits per heavy atom. The third-order valence-corrected chi connectivity index (χ3v) is 5.55. The summed E-state index contributed by atoms with van der Waals surface area (Å²) in [5.74, 6) is 2.59. The number of benzene rings is 1. The number of aromatic amines is 1. The summed E-state index contributed by atoms with van der Waals surface area (Å²) in [4.78, 5) is 20.2. The summed E-state index contributed by atoms with van der Waals surface area (Å²) in [6.45, 7) is 6.47. The molecule has 24 heavy (non-hydrogen) atoms. The Kier molecular flexibility index (Phi) is 5.09. The average molecular weight is 345 g/mol. The summed E-state index contributed by atoms with van der Waals surface area (Å²) in [5.41, 5.74) is 2.52. The maximum atomic E-state index is 12.6. The van der Waals surface area contributed by atoms with Crippen LogP contribution in [0.15, 0.2) is 29.1 Å². The third-order valence-electron chi connectivity index (χ3n) is 5.30. The van der Waals surface area contributed by atoms with E-state index in [1.165, 1.54) is 12.8 Å². The number of H-pyrrole nitrogens is 1. The van der Waals surface area contributed by atoms with Gasteiger partial charge in [-0.25, -0.2) is 4.98 Å². The van der Waals surface area contributed by atoms with Gasteiger partial charge in [-0.05, 0) is 62.1 Å². The Morgan fingerprint density at radius 1 is 1.12 bits per heavy atom. The van der Waals surface area contributed by atoms with Crippen LogP contribution in [0.1, 0.15) is 57.0 Å². The van der Waals surface area contributed by atoms with Crippen molar-refractivity contribution >= 4 is 11.6 Å². The van der Waals surface area contributed by atoms with Gasteiger partial charge in [-0.15, -0.1) is 0 Å². The smallest absolute Gasteiger partial charge is 0.259 e. The molecule has 0 radical (unpaired) electrons. The normalized spacial score (nSPS) is 21.2. The van der Waals surface area contributed by atoms with E-state index in [1.807, 2.05) is 31.2 Å². The van der Waals surface area contributed by atoms with Gasteiger partial charge in [0.15, 0.2) is 0 Å². The van der Waals surface area contributed by atoms with E-state index in [2.05, 4.69) is 18.8 Å². The molecule has 0 aliphatic heterocycles. The van der Waals surface area contributed by atoms with Gasteiger partial charge in [0.25, 0.3) is 5.56 Å². The lowest BCUT2D eigenvalue weighted by Crippen LogP contribution is -2.22. The van der Waals surface area contributed by atoms with E-state index in [1.54, 1.807) is 0 Å². The van der Waals surface area contributed by atoms with Gasteiger partial charge in [0.2, 0.25) is 0 Å². The minimum atomic E-state index is -0.0502. The minimum absolute atomic E-state index is 0.0502. The molecule has 1 aliphatic rings. The van der Waals surface area contributed by atoms with Gasteiger partial charge in [-0.3, -0.25) is 4.79 Å². The molecule has 1 heterocycles. The van der Waals surface area contributed by atoms with E-state index in [9.17, 15) is 4.79 Å². The van der Waals surface area contributed by atoms with Gasteiger partial charge in [-0.2, -0.15) is 0 Å². The fourth-order valence-electron chi connectivity index (χ4n) is 3.86. The van der Waals surface area contributed by atoms with Gasteiger partial charge < -0.3 is 4.98 Å². The van der Waals surface area contributed by atoms with Crippen LogP contribution >= 0.6 is 11.6 Å². The van der Waals surface area contributed by atoms with Crippen LogP contribution in [0.4, 0.5) is 0 Å². The number of hydrogen-bond donors (Lipinski definition) is 1. The zero-order valence-corrected chi connectivity index (χ0v) is 15.4. The zero-order valence-electron chi connectivity index (χ0n) is 14.6. The van der Waals surface area contributed by atoms with Crippen molar-refractivity contribution in [2.24, 2.45) is 11.8 Å². The SMILES string of the molecule is Cc1nc(C2CCC(C(C)C)CC2)c(-c2ccc(Cl)cc2)c(=O)[nH]1. The van der Waals surface area contributed by atoms with Crippen LogP contribution in [0.2, 0.25) is 5.02 Å². The van der Waals surface area contributed by atoms with Gasteiger partial charge >= 0.3 is 0 Å². The second-order valence-corrected chi connectivity index (χ2v) is 7.71. The van der Waals surface area contributed by atoms with E-state index < -0.39 is 0 Å². The summed E-state index contributed by atoms with van der Waals surface area (Å²) in [6.07, 6.45) is 4.66. The Hall–Kier alpha value is -1.61. The van der Waals surface area contributed by atoms with Crippen molar-refractivity contribution in [2.45, 2.75) is 52.4 Å². The summed E-state index contributed by atoms with van der Waals surface area (Å²) in [5, 5.41) is 0.675. The van der Waals surface area contributed by atoms with Crippen LogP contribution in [-0.2, 0) is 0 Å². The monoisotopic (exact) mass is 344 g/mol. The molecule has 0 amide bonds. The molecule has 0 atom stereocenters. The molecule has 4 heteroatoms. The zero-order chi connectivity index (χ0) is 17.3. The third kappa shape index (κ3) is 3.56. The predicted octanol–water partition coefficient (Wildman–Crippen LogP) is 5.33. The fraction of sp³-hybridized carbons (Fsp3) is 0.500. The summed E-state index contributed by atoms with van der Waals surface area (Å²) >= 11 is 6.00. The number of nitrogens with zero attached hydrogens (tertiary/aromatic N) is 1. The highest BCUT2D eigenvalue weighted by Gasteiger charge is 2.28. The molecule has 1 N–H and O–H groups in total. The molecule has 1 saturated carbocycles. The van der Waals surface area contributed by atoms with Crippen LogP contribution in [0.5, 0.6) is 0 Å². The van der Waals surface area contributed by atoms with Crippen molar-refractivity contribution < 1.29 is 0 Å². The van der Waals surface area contributed by atoms with Crippen LogP contribution in [0.3, 0.4) is 0 Å². The molecule has 0 saturated heterocycles. The second kappa shape index (κ2) is 7.10. The first-order valence-corrected chi connectivity index (χ1v) is 9.20. The maximum Gasteiger partial charge on any atom is 0.259 e. The highest BCUT2D eigenvalue weighted by molar-refractivity contribution is 6.30. The van der Waals surface area contributed by atoms with E-state index in [0.29, 0.717) is 22.3 Å². The summed E-state index contributed by atoms with van der Waals surface area (Å²) in [6, 6.07) is 7.48. The quantitative estimate of drug-likeness (QED) is 0.818. The first-order valence-electron chi connectivity index (χ1n) is 8.82. The van der Waals surface area contributed by atoms with Crippen molar-refractivity contribution in [3.63, 3.8) is 0 Å². The lowest BCUT2D eigenvalue weighted by atomic mass is 9.75. The van der Waals surface area contributed by atoms with Crippen molar-refractivity contribution in [3.8, 4) is 11.1 Å². The number of aryl methyl sites for hydroxylation is 1. The van der Waals surface area contributed by atoms with Crippen molar-refractivity contribution in [3.05, 3.63) is 51.2 Å². The molecule has 0 bridgehead atoms. The molecule has 0 spiro atoms. The van der Waals surface area contributed by atoms with Crippen molar-refractivity contribution in [2.75, 3.05) is 0 Å². The standard InChI is InChI=1S/C20H25ClN2O/c1-12(2)14-4-6-16(7-5-14)19-18(20(24)23-13(3)22-19)15-8-10-17(21)11-9-15/h8-12,14,16H,4-7H2,1-3H3,(H,22,23,24). The van der Waals surface area contributed by atoms with Crippen LogP contribution in [0.25, 0.3) is 11.1 Å². The molecular weight excluding hydrogens is 320 g/mol. The van der Waals surface area contributed by atoms with Gasteiger partial charge in [0.1, 0.15) is 5.82 Å². The predicted molar refractivity (Wildman–Crippen MR) is 99.6 cm³/mol. The maximum absolute atomic E-state index is 12.6. The minimum Gasteiger partial charge on any atom is -0.310 e. The molecule has 3 rings (SSSR count). The van der Waals surface area contributed by atoms with Crippen molar-refractivity contribution in [1.29, 1.82) is 0 Å². The lowest BCUT2D eigenvalue weighted by molar-refractivity contribution is 0.257. The molecular formula is C20H25ClN2O. The molecule has 1 fully saturated rings. The van der Waals surface area contributed by atoms with E-state index in [0.717, 1.165) is 35.9 Å². The summed E-state index contributed by atoms with van der Waals surface area (Å²) in [7, 11) is 0. The Morgan fingerprint density at radius 3 is 2.33 bits per heavy atom. The molecule has 1 aromatic carbocycles. The highest BCUT2D eigenvalue weighted by Crippen LogP contribution is 2.40. The number of nitrogens with one attached hydrogen (secondary N) is 1. The van der Waals surface area contributed by atoms with Gasteiger partial charge in [0.05, 0.1) is 11.3 Å². The Bertz CT molecular complexity index is 756. The molecule has 1 aromatic heterocycles. The number of rotatable bonds is 3. The van der Waals surface area contributed by atoms with E-state index in [4.69, 9.17) is 16.6 Å². The molecule has 128 valence electrons. The highest BCUT2D eigenvalue weighted by atomic mass is 35.5. The number of halogens is 1. The topological polar surface area (TPSA) is 45.8 Å². The molecule has 0 unspecified atom stereocenters. The fourth-order valence-corrected chi connectivity index (χ4v) is 3.98. The largest absolute Gasteiger partial charge is 0.310 e. The van der Waals surface area contributed by atoms with Crippen LogP contribution in [0, 0.1) is 18.8 Å². The summed E-state index contributed by atoms with van der Waals surface area (Å²) < 4.78 is 0. The lowest BCUT2D eigenvalue weighted by Gasteiger charge is -2.31. The van der Waals surface area contributed by atoms with E-state index in [-0.39, 0.29) is 5.56 Å². The second-order valence-electron chi connectivity index (χ2n) is 7.27. The molecule has 1 aliphatic carbocycles. The first-order chi connectivity index (χ1) is 11.5. The molecule has 2 aromatic rings. The van der Waals surface area contributed by atoms with Gasteiger partial charge in [0, 0.05) is 10.9 Å². The Labute approximate surface area is 148 Å².